The van der Waals surface area contributed by atoms with E-state index in [0.29, 0.717) is 0 Å². The minimum absolute atomic E-state index is 0.0957. The molecule has 58 valence electrons. The van der Waals surface area contributed by atoms with Crippen molar-refractivity contribution < 1.29 is 14.9 Å². The van der Waals surface area contributed by atoms with Gasteiger partial charge in [-0.3, -0.25) is 0 Å². The van der Waals surface area contributed by atoms with Gasteiger partial charge in [0.05, 0.1) is 6.61 Å². The van der Waals surface area contributed by atoms with Crippen molar-refractivity contribution in [1.82, 2.24) is 0 Å². The minimum Gasteiger partial charge on any atom is -0.321 e. The maximum Gasteiger partial charge on any atom is 0.330 e. The molecule has 1 rings (SSSR count). The third-order valence-corrected chi connectivity index (χ3v) is 1.23. The van der Waals surface area contributed by atoms with Crippen LogP contribution in [-0.4, -0.2) is 6.48 Å². The monoisotopic (exact) mass is 152 g/mol. The van der Waals surface area contributed by atoms with Crippen molar-refractivity contribution in [2.24, 2.45) is 0 Å². The van der Waals surface area contributed by atoms with Gasteiger partial charge in [0.15, 0.2) is 0 Å². The number of hydrogen-bond acceptors (Lipinski definition) is 1. The van der Waals surface area contributed by atoms with Gasteiger partial charge in [-0.2, -0.15) is 10.2 Å². The first-order chi connectivity index (χ1) is 5.29. The lowest BCUT2D eigenvalue weighted by molar-refractivity contribution is -0.302. The summed E-state index contributed by atoms with van der Waals surface area (Å²) < 4.78 is 4.32. The molecule has 0 atom stereocenters. The molecule has 0 spiro atoms. The lowest BCUT2D eigenvalue weighted by atomic mass is 10.2. The highest BCUT2D eigenvalue weighted by Gasteiger charge is 2.00. The molecule has 1 aromatic carbocycles. The second-order valence-electron chi connectivity index (χ2n) is 2.09. The van der Waals surface area contributed by atoms with E-state index in [9.17, 15) is 10.2 Å². The topological polar surface area (TPSA) is 49.0 Å². The van der Waals surface area contributed by atoms with E-state index in [-0.39, 0.29) is 6.61 Å². The lowest BCUT2D eigenvalue weighted by Gasteiger charge is -2.01. The Morgan fingerprint density at radius 1 is 1.18 bits per heavy atom. The largest absolute Gasteiger partial charge is 0.330 e. The summed E-state index contributed by atoms with van der Waals surface area (Å²) in [7, 11) is 0. The van der Waals surface area contributed by atoms with Crippen molar-refractivity contribution >= 4 is 0 Å². The Hall–Kier alpha value is -0.900. The first-order valence-electron chi connectivity index (χ1n) is 3.26. The second kappa shape index (κ2) is 4.08. The Labute approximate surface area is 64.9 Å². The van der Waals surface area contributed by atoms with E-state index in [1.54, 1.807) is 12.1 Å². The van der Waals surface area contributed by atoms with Crippen molar-refractivity contribution in [2.45, 2.75) is 13.1 Å². The zero-order valence-electron chi connectivity index (χ0n) is 5.90. The van der Waals surface area contributed by atoms with Gasteiger partial charge in [-0.1, -0.05) is 30.3 Å². The molecule has 0 saturated carbocycles. The maximum absolute atomic E-state index is 9.92. The summed E-state index contributed by atoms with van der Waals surface area (Å²) >= 11 is 0. The maximum atomic E-state index is 9.92. The molecule has 0 aromatic heterocycles. The number of rotatable bonds is 3. The van der Waals surface area contributed by atoms with Crippen LogP contribution in [0.15, 0.2) is 30.3 Å². The fraction of sp³-hybridized carbons (Fsp3) is 0.250. The average Bonchev–Trinajstić information content (AvgIpc) is 2.03. The molecule has 0 unspecified atom stereocenters. The zero-order valence-corrected chi connectivity index (χ0v) is 5.90. The SMILES string of the molecule is [O]C([O])OCc1ccccc1. The Bertz CT molecular complexity index is 196. The number of ether oxygens (including phenoxy) is 1. The van der Waals surface area contributed by atoms with Crippen LogP contribution in [0.3, 0.4) is 0 Å². The zero-order chi connectivity index (χ0) is 8.10. The van der Waals surface area contributed by atoms with Gasteiger partial charge in [0, 0.05) is 0 Å². The molecule has 0 amide bonds. The van der Waals surface area contributed by atoms with Crippen molar-refractivity contribution in [3.63, 3.8) is 0 Å². The summed E-state index contributed by atoms with van der Waals surface area (Å²) in [5.74, 6) is 0. The van der Waals surface area contributed by atoms with E-state index < -0.39 is 6.48 Å². The summed E-state index contributed by atoms with van der Waals surface area (Å²) in [6.45, 7) is -2.09. The van der Waals surface area contributed by atoms with Gasteiger partial charge in [0.25, 0.3) is 0 Å². The molecule has 2 radical (unpaired) electrons. The van der Waals surface area contributed by atoms with Crippen LogP contribution in [0.2, 0.25) is 0 Å². The Balaban J connectivity index is 2.39. The van der Waals surface area contributed by atoms with E-state index in [1.807, 2.05) is 18.2 Å². The molecule has 3 heteroatoms. The third kappa shape index (κ3) is 3.13. The van der Waals surface area contributed by atoms with Crippen LogP contribution < -0.4 is 0 Å². The van der Waals surface area contributed by atoms with Gasteiger partial charge in [-0.25, -0.2) is 0 Å². The average molecular weight is 152 g/mol. The molecule has 0 heterocycles. The highest BCUT2D eigenvalue weighted by Crippen LogP contribution is 2.01. The minimum atomic E-state index is -2.18. The highest BCUT2D eigenvalue weighted by atomic mass is 16.7. The predicted molar refractivity (Wildman–Crippen MR) is 36.4 cm³/mol. The first kappa shape index (κ1) is 8.20. The standard InChI is InChI=1S/C8H8O3/c9-8(10)11-6-7-4-2-1-3-5-7/h1-5,8H,6H2. The van der Waals surface area contributed by atoms with Crippen LogP contribution in [0.1, 0.15) is 5.56 Å². The molecule has 0 bridgehead atoms. The second-order valence-corrected chi connectivity index (χ2v) is 2.09. The van der Waals surface area contributed by atoms with Crippen LogP contribution >= 0.6 is 0 Å². The van der Waals surface area contributed by atoms with E-state index in [0.717, 1.165) is 5.56 Å². The van der Waals surface area contributed by atoms with E-state index >= 15 is 0 Å². The fourth-order valence-electron chi connectivity index (χ4n) is 0.739. The molecule has 1 aromatic rings. The molecule has 0 aliphatic rings. The van der Waals surface area contributed by atoms with Crippen molar-refractivity contribution in [3.05, 3.63) is 35.9 Å². The Morgan fingerprint density at radius 3 is 2.36 bits per heavy atom. The quantitative estimate of drug-likeness (QED) is 0.603. The van der Waals surface area contributed by atoms with Gasteiger partial charge in [0.1, 0.15) is 0 Å². The first-order valence-corrected chi connectivity index (χ1v) is 3.26. The normalized spacial score (nSPS) is 10.5. The lowest BCUT2D eigenvalue weighted by Crippen LogP contribution is -2.05. The molecule has 0 aliphatic heterocycles. The van der Waals surface area contributed by atoms with Crippen LogP contribution in [0.5, 0.6) is 0 Å². The molecule has 0 N–H and O–H groups in total. The molecule has 3 nitrogen and oxygen atoms in total. The van der Waals surface area contributed by atoms with E-state index in [2.05, 4.69) is 4.74 Å². The van der Waals surface area contributed by atoms with Crippen molar-refractivity contribution in [3.8, 4) is 0 Å². The third-order valence-electron chi connectivity index (χ3n) is 1.23. The van der Waals surface area contributed by atoms with Crippen molar-refractivity contribution in [1.29, 1.82) is 0 Å². The molecular formula is C8H8O3. The molecule has 0 saturated heterocycles. The molecule has 11 heavy (non-hydrogen) atoms. The Kier molecular flexibility index (Phi) is 3.04. The summed E-state index contributed by atoms with van der Waals surface area (Å²) in [5.41, 5.74) is 0.837. The van der Waals surface area contributed by atoms with Gasteiger partial charge in [-0.15, -0.1) is 0 Å². The summed E-state index contributed by atoms with van der Waals surface area (Å²) in [4.78, 5) is 0. The van der Waals surface area contributed by atoms with Crippen LogP contribution in [0.25, 0.3) is 0 Å². The number of hydrogen-bond donors (Lipinski definition) is 0. The smallest absolute Gasteiger partial charge is 0.321 e. The van der Waals surface area contributed by atoms with E-state index in [1.165, 1.54) is 0 Å². The van der Waals surface area contributed by atoms with Gasteiger partial charge < -0.3 is 4.74 Å². The van der Waals surface area contributed by atoms with Crippen molar-refractivity contribution in [2.75, 3.05) is 0 Å². The van der Waals surface area contributed by atoms with Crippen LogP contribution in [0.4, 0.5) is 0 Å². The predicted octanol–water partition coefficient (Wildman–Crippen LogP) is 1.35. The van der Waals surface area contributed by atoms with Gasteiger partial charge in [-0.05, 0) is 5.56 Å². The molecular weight excluding hydrogens is 144 g/mol. The summed E-state index contributed by atoms with van der Waals surface area (Å²) in [5, 5.41) is 19.8. The van der Waals surface area contributed by atoms with Crippen LogP contribution in [-0.2, 0) is 21.6 Å². The van der Waals surface area contributed by atoms with E-state index in [4.69, 9.17) is 0 Å². The molecule has 0 aliphatic carbocycles. The van der Waals surface area contributed by atoms with Crippen LogP contribution in [0, 0.1) is 0 Å². The highest BCUT2D eigenvalue weighted by molar-refractivity contribution is 5.13. The molecule has 0 fully saturated rings. The summed E-state index contributed by atoms with van der Waals surface area (Å²) in [6, 6.07) is 9.09. The Morgan fingerprint density at radius 2 is 1.82 bits per heavy atom. The van der Waals surface area contributed by atoms with Gasteiger partial charge >= 0.3 is 6.48 Å². The number of benzene rings is 1. The fourth-order valence-corrected chi connectivity index (χ4v) is 0.739. The summed E-state index contributed by atoms with van der Waals surface area (Å²) in [6.07, 6.45) is 0. The van der Waals surface area contributed by atoms with Gasteiger partial charge in [0.2, 0.25) is 0 Å².